The van der Waals surface area contributed by atoms with E-state index in [1.54, 1.807) is 48.5 Å². The number of benzene rings is 2. The Balaban J connectivity index is 1.53. The van der Waals surface area contributed by atoms with Gasteiger partial charge in [0, 0.05) is 22.2 Å². The van der Waals surface area contributed by atoms with E-state index < -0.39 is 15.9 Å². The molecule has 0 aliphatic rings. The van der Waals surface area contributed by atoms with Crippen molar-refractivity contribution in [2.45, 2.75) is 4.34 Å². The van der Waals surface area contributed by atoms with E-state index in [9.17, 15) is 13.2 Å². The van der Waals surface area contributed by atoms with Gasteiger partial charge in [-0.3, -0.25) is 10.1 Å². The molecule has 0 fully saturated rings. The van der Waals surface area contributed by atoms with Crippen LogP contribution in [0.25, 0.3) is 0 Å². The molecule has 1 aromatic heterocycles. The Morgan fingerprint density at radius 2 is 1.62 bits per heavy atom. The molecular formula is C17H14Cl2N4O4S2. The van der Waals surface area contributed by atoms with Crippen LogP contribution in [0.15, 0.2) is 52.9 Å². The van der Waals surface area contributed by atoms with Crippen LogP contribution in [-0.4, -0.2) is 37.7 Å². The molecule has 0 aliphatic carbocycles. The molecule has 0 saturated heterocycles. The molecule has 152 valence electrons. The smallest absolute Gasteiger partial charge is 0.269 e. The molecular weight excluding hydrogens is 459 g/mol. The highest BCUT2D eigenvalue weighted by molar-refractivity contribution is 7.91. The SMILES string of the molecule is O=C(Nc1nnc(S(=O)(=O)NCCOc2ccc(Cl)cc2)s1)c1ccc(Cl)cc1. The van der Waals surface area contributed by atoms with E-state index in [0.29, 0.717) is 21.4 Å². The molecule has 0 atom stereocenters. The standard InChI is InChI=1S/C17H14Cl2N4O4S2/c18-12-3-1-11(2-4-12)15(24)21-16-22-23-17(28-16)29(25,26)20-9-10-27-14-7-5-13(19)6-8-14/h1-8,20H,9-10H2,(H,21,22,24). The zero-order valence-electron chi connectivity index (χ0n) is 14.6. The molecule has 2 aromatic carbocycles. The molecule has 1 heterocycles. The van der Waals surface area contributed by atoms with Crippen molar-refractivity contribution >= 4 is 55.6 Å². The third kappa shape index (κ3) is 6.12. The number of nitrogens with one attached hydrogen (secondary N) is 2. The molecule has 2 N–H and O–H groups in total. The first-order chi connectivity index (χ1) is 13.8. The Hall–Kier alpha value is -2.24. The van der Waals surface area contributed by atoms with Crippen LogP contribution in [0, 0.1) is 0 Å². The van der Waals surface area contributed by atoms with Gasteiger partial charge in [0.2, 0.25) is 9.47 Å². The Morgan fingerprint density at radius 3 is 2.28 bits per heavy atom. The number of sulfonamides is 1. The number of carbonyl (C=O) groups excluding carboxylic acids is 1. The lowest BCUT2D eigenvalue weighted by molar-refractivity contribution is 0.102. The third-order valence-electron chi connectivity index (χ3n) is 3.44. The second kappa shape index (κ2) is 9.51. The number of hydrogen-bond acceptors (Lipinski definition) is 7. The number of anilines is 1. The van der Waals surface area contributed by atoms with Crippen molar-refractivity contribution in [2.75, 3.05) is 18.5 Å². The number of amides is 1. The van der Waals surface area contributed by atoms with E-state index in [0.717, 1.165) is 11.3 Å². The second-order valence-electron chi connectivity index (χ2n) is 5.53. The predicted octanol–water partition coefficient (Wildman–Crippen LogP) is 3.45. The summed E-state index contributed by atoms with van der Waals surface area (Å²) in [6.45, 7) is 0.136. The number of halogens is 2. The number of rotatable bonds is 8. The van der Waals surface area contributed by atoms with Crippen molar-refractivity contribution in [3.05, 3.63) is 64.1 Å². The van der Waals surface area contributed by atoms with Crippen molar-refractivity contribution in [3.63, 3.8) is 0 Å². The van der Waals surface area contributed by atoms with Crippen molar-refractivity contribution in [1.82, 2.24) is 14.9 Å². The maximum atomic E-state index is 12.3. The van der Waals surface area contributed by atoms with Gasteiger partial charge in [0.05, 0.1) is 0 Å². The zero-order chi connectivity index (χ0) is 20.9. The largest absolute Gasteiger partial charge is 0.492 e. The Kier molecular flexibility index (Phi) is 7.04. The molecule has 0 spiro atoms. The average Bonchev–Trinajstić information content (AvgIpc) is 3.16. The van der Waals surface area contributed by atoms with Crippen LogP contribution in [0.1, 0.15) is 10.4 Å². The van der Waals surface area contributed by atoms with Crippen LogP contribution in [0.3, 0.4) is 0 Å². The highest BCUT2D eigenvalue weighted by Gasteiger charge is 2.20. The van der Waals surface area contributed by atoms with Gasteiger partial charge in [-0.2, -0.15) is 0 Å². The maximum Gasteiger partial charge on any atom is 0.269 e. The Bertz CT molecular complexity index is 1090. The molecule has 0 saturated carbocycles. The lowest BCUT2D eigenvalue weighted by Crippen LogP contribution is -2.28. The average molecular weight is 473 g/mol. The summed E-state index contributed by atoms with van der Waals surface area (Å²) in [4.78, 5) is 12.1. The number of ether oxygens (including phenoxy) is 1. The topological polar surface area (TPSA) is 110 Å². The minimum absolute atomic E-state index is 0.0248. The van der Waals surface area contributed by atoms with E-state index in [2.05, 4.69) is 20.2 Å². The fourth-order valence-electron chi connectivity index (χ4n) is 2.08. The van der Waals surface area contributed by atoms with Crippen LogP contribution in [0.5, 0.6) is 5.75 Å². The van der Waals surface area contributed by atoms with Gasteiger partial charge in [-0.05, 0) is 48.5 Å². The molecule has 29 heavy (non-hydrogen) atoms. The van der Waals surface area contributed by atoms with Crippen LogP contribution in [-0.2, 0) is 10.0 Å². The van der Waals surface area contributed by atoms with Gasteiger partial charge in [-0.1, -0.05) is 34.5 Å². The summed E-state index contributed by atoms with van der Waals surface area (Å²) < 4.78 is 32.1. The molecule has 0 bridgehead atoms. The van der Waals surface area contributed by atoms with Crippen molar-refractivity contribution in [3.8, 4) is 5.75 Å². The van der Waals surface area contributed by atoms with E-state index in [4.69, 9.17) is 27.9 Å². The maximum absolute atomic E-state index is 12.3. The summed E-state index contributed by atoms with van der Waals surface area (Å²) in [7, 11) is -3.88. The first-order valence-corrected chi connectivity index (χ1v) is 11.2. The number of aromatic nitrogens is 2. The molecule has 0 aliphatic heterocycles. The van der Waals surface area contributed by atoms with Gasteiger partial charge in [0.1, 0.15) is 12.4 Å². The van der Waals surface area contributed by atoms with E-state index >= 15 is 0 Å². The molecule has 3 aromatic rings. The summed E-state index contributed by atoms with van der Waals surface area (Å²) in [6.07, 6.45) is 0. The summed E-state index contributed by atoms with van der Waals surface area (Å²) in [5.74, 6) is 0.114. The Labute approximate surface area is 180 Å². The second-order valence-corrected chi connectivity index (χ2v) is 9.33. The van der Waals surface area contributed by atoms with Gasteiger partial charge < -0.3 is 4.74 Å². The van der Waals surface area contributed by atoms with E-state index in [-0.39, 0.29) is 22.6 Å². The van der Waals surface area contributed by atoms with Gasteiger partial charge in [0.25, 0.3) is 15.9 Å². The molecule has 1 amide bonds. The normalized spacial score (nSPS) is 11.2. The molecule has 12 heteroatoms. The quantitative estimate of drug-likeness (QED) is 0.383. The first kappa shape index (κ1) is 21.5. The third-order valence-corrected chi connectivity index (χ3v) is 6.61. The minimum Gasteiger partial charge on any atom is -0.492 e. The Morgan fingerprint density at radius 1 is 1.00 bits per heavy atom. The van der Waals surface area contributed by atoms with Gasteiger partial charge >= 0.3 is 0 Å². The highest BCUT2D eigenvalue weighted by Crippen LogP contribution is 2.21. The number of nitrogens with zero attached hydrogens (tertiary/aromatic N) is 2. The predicted molar refractivity (Wildman–Crippen MR) is 111 cm³/mol. The molecule has 3 rings (SSSR count). The number of carbonyl (C=O) groups is 1. The summed E-state index contributed by atoms with van der Waals surface area (Å²) in [6, 6.07) is 12.9. The van der Waals surface area contributed by atoms with Crippen molar-refractivity contribution in [1.29, 1.82) is 0 Å². The zero-order valence-corrected chi connectivity index (χ0v) is 17.8. The summed E-state index contributed by atoms with van der Waals surface area (Å²) >= 11 is 12.3. The van der Waals surface area contributed by atoms with E-state index in [1.807, 2.05) is 0 Å². The lowest BCUT2D eigenvalue weighted by Gasteiger charge is -2.06. The van der Waals surface area contributed by atoms with Crippen molar-refractivity contribution in [2.24, 2.45) is 0 Å². The van der Waals surface area contributed by atoms with Crippen molar-refractivity contribution < 1.29 is 17.9 Å². The van der Waals surface area contributed by atoms with E-state index in [1.165, 1.54) is 0 Å². The van der Waals surface area contributed by atoms with Gasteiger partial charge in [-0.15, -0.1) is 10.2 Å². The molecule has 0 radical (unpaired) electrons. The van der Waals surface area contributed by atoms with Crippen LogP contribution in [0.4, 0.5) is 5.13 Å². The van der Waals surface area contributed by atoms with Crippen LogP contribution >= 0.6 is 34.5 Å². The fraction of sp³-hybridized carbons (Fsp3) is 0.118. The molecule has 8 nitrogen and oxygen atoms in total. The summed E-state index contributed by atoms with van der Waals surface area (Å²) in [5.41, 5.74) is 0.353. The first-order valence-electron chi connectivity index (χ1n) is 8.12. The van der Waals surface area contributed by atoms with Crippen LogP contribution < -0.4 is 14.8 Å². The van der Waals surface area contributed by atoms with Crippen LogP contribution in [0.2, 0.25) is 10.0 Å². The molecule has 0 unspecified atom stereocenters. The van der Waals surface area contributed by atoms with Gasteiger partial charge in [0.15, 0.2) is 0 Å². The summed E-state index contributed by atoms with van der Waals surface area (Å²) in [5, 5.41) is 11.0. The minimum atomic E-state index is -3.88. The highest BCUT2D eigenvalue weighted by atomic mass is 35.5. The fourth-order valence-corrected chi connectivity index (χ4v) is 4.28. The number of hydrogen-bond donors (Lipinski definition) is 2. The van der Waals surface area contributed by atoms with Gasteiger partial charge in [-0.25, -0.2) is 13.1 Å². The lowest BCUT2D eigenvalue weighted by atomic mass is 10.2. The monoisotopic (exact) mass is 472 g/mol.